The van der Waals surface area contributed by atoms with E-state index in [2.05, 4.69) is 16.4 Å². The summed E-state index contributed by atoms with van der Waals surface area (Å²) >= 11 is 0. The molecule has 8 heteroatoms. The monoisotopic (exact) mass is 274 g/mol. The minimum Gasteiger partial charge on any atom is -0.362 e. The fourth-order valence-corrected chi connectivity index (χ4v) is 1.11. The van der Waals surface area contributed by atoms with E-state index in [4.69, 9.17) is 5.73 Å². The Labute approximate surface area is 110 Å². The maximum absolute atomic E-state index is 11.6. The van der Waals surface area contributed by atoms with Crippen LogP contribution in [0.15, 0.2) is 12.7 Å². The summed E-state index contributed by atoms with van der Waals surface area (Å²) in [5.74, 6) is -3.06. The van der Waals surface area contributed by atoms with Crippen LogP contribution in [0, 0.1) is 0 Å². The lowest BCUT2D eigenvalue weighted by Crippen LogP contribution is -2.56. The van der Waals surface area contributed by atoms with Crippen molar-refractivity contribution >= 4 is 17.8 Å². The van der Waals surface area contributed by atoms with Gasteiger partial charge in [-0.1, -0.05) is 19.9 Å². The first-order valence-electron chi connectivity index (χ1n) is 5.68. The van der Waals surface area contributed by atoms with Crippen molar-refractivity contribution in [1.29, 1.82) is 0 Å². The minimum atomic E-state index is -2.28. The van der Waals surface area contributed by atoms with Crippen LogP contribution in [0.5, 0.6) is 0 Å². The number of aliphatic hydroxyl groups is 1. The molecule has 0 bridgehead atoms. The lowest BCUT2D eigenvalue weighted by atomic mass is 10.1. The molecule has 108 valence electrons. The van der Waals surface area contributed by atoms with Crippen molar-refractivity contribution < 1.29 is 29.3 Å². The van der Waals surface area contributed by atoms with Crippen molar-refractivity contribution in [2.75, 3.05) is 6.54 Å². The highest BCUT2D eigenvalue weighted by Gasteiger charge is 2.40. The van der Waals surface area contributed by atoms with Crippen molar-refractivity contribution in [3.8, 4) is 0 Å². The Morgan fingerprint density at radius 3 is 2.53 bits per heavy atom. The van der Waals surface area contributed by atoms with Gasteiger partial charge in [-0.3, -0.25) is 4.79 Å². The normalized spacial score (nSPS) is 13.0. The van der Waals surface area contributed by atoms with Crippen molar-refractivity contribution in [2.24, 2.45) is 5.73 Å². The first-order valence-corrected chi connectivity index (χ1v) is 5.68. The number of amides is 1. The molecule has 0 saturated heterocycles. The molecule has 0 aromatic rings. The fourth-order valence-electron chi connectivity index (χ4n) is 1.11. The molecule has 0 aliphatic heterocycles. The zero-order valence-electron chi connectivity index (χ0n) is 10.7. The first kappa shape index (κ1) is 17.1. The van der Waals surface area contributed by atoms with E-state index in [9.17, 15) is 19.5 Å². The van der Waals surface area contributed by atoms with Crippen LogP contribution in [0.3, 0.4) is 0 Å². The molecule has 1 atom stereocenters. The van der Waals surface area contributed by atoms with Gasteiger partial charge >= 0.3 is 11.9 Å². The second-order valence-corrected chi connectivity index (χ2v) is 3.69. The number of rotatable bonds is 7. The van der Waals surface area contributed by atoms with Crippen LogP contribution in [-0.4, -0.2) is 35.2 Å². The molecule has 0 aromatic carbocycles. The van der Waals surface area contributed by atoms with E-state index in [0.29, 0.717) is 12.8 Å². The van der Waals surface area contributed by atoms with Gasteiger partial charge in [0.25, 0.3) is 0 Å². The minimum absolute atomic E-state index is 0.0975. The average molecular weight is 274 g/mol. The molecule has 4 N–H and O–H groups in total. The molecular weight excluding hydrogens is 256 g/mol. The summed E-state index contributed by atoms with van der Waals surface area (Å²) < 4.78 is 0. The van der Waals surface area contributed by atoms with Gasteiger partial charge in [0, 0.05) is 12.5 Å². The molecule has 0 aromatic heterocycles. The predicted octanol–water partition coefficient (Wildman–Crippen LogP) is -0.872. The van der Waals surface area contributed by atoms with Gasteiger partial charge in [-0.05, 0) is 6.42 Å². The Balaban J connectivity index is 4.70. The van der Waals surface area contributed by atoms with Crippen molar-refractivity contribution in [1.82, 2.24) is 5.32 Å². The smallest absolute Gasteiger partial charge is 0.362 e. The molecule has 0 aliphatic carbocycles. The fraction of sp³-hybridized carbons (Fsp3) is 0.545. The van der Waals surface area contributed by atoms with Crippen LogP contribution in [0.4, 0.5) is 0 Å². The molecule has 1 amide bonds. The molecule has 0 fully saturated rings. The lowest BCUT2D eigenvalue weighted by Gasteiger charge is -2.25. The summed E-state index contributed by atoms with van der Waals surface area (Å²) in [6.45, 7) is 4.52. The first-order chi connectivity index (χ1) is 8.89. The van der Waals surface area contributed by atoms with Crippen LogP contribution in [0.1, 0.15) is 26.2 Å². The van der Waals surface area contributed by atoms with Crippen molar-refractivity contribution in [3.05, 3.63) is 12.7 Å². The second-order valence-electron chi connectivity index (χ2n) is 3.69. The van der Waals surface area contributed by atoms with Gasteiger partial charge in [-0.15, -0.1) is 0 Å². The van der Waals surface area contributed by atoms with Crippen LogP contribution >= 0.6 is 0 Å². The quantitative estimate of drug-likeness (QED) is 0.238. The van der Waals surface area contributed by atoms with E-state index in [1.165, 1.54) is 0 Å². The average Bonchev–Trinajstić information content (AvgIpc) is 2.41. The van der Waals surface area contributed by atoms with Crippen LogP contribution in [-0.2, 0) is 24.2 Å². The number of carbonyl (C=O) groups excluding carboxylic acids is 3. The Bertz CT molecular complexity index is 357. The number of nitrogens with two attached hydrogens (primary N) is 1. The van der Waals surface area contributed by atoms with Gasteiger partial charge in [0.15, 0.2) is 0 Å². The van der Waals surface area contributed by atoms with Gasteiger partial charge in [0.2, 0.25) is 11.6 Å². The standard InChI is InChI=1S/C11H18N2O6/c1-3-5-6-11(17,13-8(14)7-12)10(16)19-18-9(15)4-2/h4,17H,2-3,5-7,12H2,1H3,(H,13,14). The maximum atomic E-state index is 11.6. The van der Waals surface area contributed by atoms with Gasteiger partial charge in [0.05, 0.1) is 6.54 Å². The Hall–Kier alpha value is -1.93. The highest BCUT2D eigenvalue weighted by molar-refractivity contribution is 5.88. The zero-order valence-corrected chi connectivity index (χ0v) is 10.7. The molecule has 0 spiro atoms. The van der Waals surface area contributed by atoms with Crippen molar-refractivity contribution in [2.45, 2.75) is 31.9 Å². The Morgan fingerprint density at radius 1 is 1.42 bits per heavy atom. The Morgan fingerprint density at radius 2 is 2.05 bits per heavy atom. The molecule has 0 radical (unpaired) electrons. The van der Waals surface area contributed by atoms with Gasteiger partial charge in [0.1, 0.15) is 0 Å². The maximum Gasteiger partial charge on any atom is 0.407 e. The summed E-state index contributed by atoms with van der Waals surface area (Å²) in [4.78, 5) is 41.7. The summed E-state index contributed by atoms with van der Waals surface area (Å²) in [6, 6.07) is 0. The van der Waals surface area contributed by atoms with Crippen LogP contribution in [0.25, 0.3) is 0 Å². The van der Waals surface area contributed by atoms with E-state index < -0.39 is 30.1 Å². The number of carbonyl (C=O) groups is 3. The number of nitrogens with one attached hydrogen (secondary N) is 1. The third kappa shape index (κ3) is 5.98. The number of hydrogen-bond donors (Lipinski definition) is 3. The molecule has 0 saturated carbocycles. The largest absolute Gasteiger partial charge is 0.407 e. The molecule has 19 heavy (non-hydrogen) atoms. The summed E-state index contributed by atoms with van der Waals surface area (Å²) in [7, 11) is 0. The summed E-state index contributed by atoms with van der Waals surface area (Å²) in [6.07, 6.45) is 1.78. The lowest BCUT2D eigenvalue weighted by molar-refractivity contribution is -0.269. The van der Waals surface area contributed by atoms with Gasteiger partial charge in [-0.25, -0.2) is 19.4 Å². The molecule has 0 aliphatic rings. The topological polar surface area (TPSA) is 128 Å². The zero-order chi connectivity index (χ0) is 14.9. The van der Waals surface area contributed by atoms with Gasteiger partial charge < -0.3 is 16.2 Å². The third-order valence-corrected chi connectivity index (χ3v) is 2.13. The van der Waals surface area contributed by atoms with E-state index in [1.807, 2.05) is 12.2 Å². The van der Waals surface area contributed by atoms with E-state index >= 15 is 0 Å². The predicted molar refractivity (Wildman–Crippen MR) is 64.1 cm³/mol. The third-order valence-electron chi connectivity index (χ3n) is 2.13. The molecule has 8 nitrogen and oxygen atoms in total. The van der Waals surface area contributed by atoms with Crippen molar-refractivity contribution in [3.63, 3.8) is 0 Å². The molecule has 1 unspecified atom stereocenters. The highest BCUT2D eigenvalue weighted by atomic mass is 17.2. The molecule has 0 heterocycles. The molecular formula is C11H18N2O6. The SMILES string of the molecule is C=CC(=O)OOC(=O)C(O)(CCCC)NC(=O)CN. The number of unbranched alkanes of at least 4 members (excludes halogenated alkanes) is 1. The summed E-state index contributed by atoms with van der Waals surface area (Å²) in [5.41, 5.74) is 2.79. The van der Waals surface area contributed by atoms with E-state index in [0.717, 1.165) is 6.08 Å². The van der Waals surface area contributed by atoms with E-state index in [-0.39, 0.29) is 6.42 Å². The Kier molecular flexibility index (Phi) is 7.39. The van der Waals surface area contributed by atoms with Gasteiger partial charge in [-0.2, -0.15) is 0 Å². The highest BCUT2D eigenvalue weighted by Crippen LogP contribution is 2.13. The molecule has 0 rings (SSSR count). The number of hydrogen-bond acceptors (Lipinski definition) is 7. The summed E-state index contributed by atoms with van der Waals surface area (Å²) in [5, 5.41) is 12.0. The van der Waals surface area contributed by atoms with Crippen LogP contribution in [0.2, 0.25) is 0 Å². The van der Waals surface area contributed by atoms with E-state index in [1.54, 1.807) is 0 Å². The van der Waals surface area contributed by atoms with Crippen LogP contribution < -0.4 is 11.1 Å². The second kappa shape index (κ2) is 8.22.